The van der Waals surface area contributed by atoms with Crippen LogP contribution >= 0.6 is 11.6 Å². The molecule has 0 aliphatic carbocycles. The summed E-state index contributed by atoms with van der Waals surface area (Å²) in [6, 6.07) is 24.8. The Hall–Kier alpha value is -3.97. The van der Waals surface area contributed by atoms with Crippen molar-refractivity contribution in [3.05, 3.63) is 107 Å². The van der Waals surface area contributed by atoms with E-state index in [1.54, 1.807) is 24.3 Å². The van der Waals surface area contributed by atoms with Gasteiger partial charge in [0.05, 0.1) is 0 Å². The van der Waals surface area contributed by atoms with Gasteiger partial charge in [0.1, 0.15) is 6.54 Å². The number of hydrogen-bond donors (Lipinski definition) is 1. The predicted molar refractivity (Wildman–Crippen MR) is 117 cm³/mol. The second-order valence-corrected chi connectivity index (χ2v) is 7.75. The molecule has 5 rings (SSSR count). The normalized spacial score (nSPS) is 15.1. The van der Waals surface area contributed by atoms with Crippen molar-refractivity contribution in [1.29, 1.82) is 0 Å². The van der Waals surface area contributed by atoms with Gasteiger partial charge in [-0.15, -0.1) is 10.2 Å². The third kappa shape index (κ3) is 3.33. The Bertz CT molecular complexity index is 1250. The zero-order valence-corrected chi connectivity index (χ0v) is 17.5. The van der Waals surface area contributed by atoms with Crippen LogP contribution in [0.5, 0.6) is 0 Å². The van der Waals surface area contributed by atoms with E-state index >= 15 is 0 Å². The van der Waals surface area contributed by atoms with E-state index in [1.165, 1.54) is 0 Å². The molecule has 0 bridgehead atoms. The summed E-state index contributed by atoms with van der Waals surface area (Å²) in [5, 5.41) is 11.5. The number of benzene rings is 3. The van der Waals surface area contributed by atoms with Gasteiger partial charge >= 0.3 is 6.03 Å². The van der Waals surface area contributed by atoms with Gasteiger partial charge in [-0.3, -0.25) is 9.69 Å². The quantitative estimate of drug-likeness (QED) is 0.461. The number of rotatable bonds is 5. The summed E-state index contributed by atoms with van der Waals surface area (Å²) in [6.07, 6.45) is 0. The first-order valence-electron chi connectivity index (χ1n) is 9.91. The van der Waals surface area contributed by atoms with E-state index in [0.29, 0.717) is 21.7 Å². The van der Waals surface area contributed by atoms with E-state index in [2.05, 4.69) is 15.5 Å². The maximum Gasteiger partial charge on any atom is 0.326 e. The van der Waals surface area contributed by atoms with Gasteiger partial charge in [-0.05, 0) is 29.3 Å². The average Bonchev–Trinajstić information content (AvgIpc) is 3.39. The minimum Gasteiger partial charge on any atom is -0.419 e. The van der Waals surface area contributed by atoms with Crippen LogP contribution < -0.4 is 5.32 Å². The molecule has 1 aromatic heterocycles. The van der Waals surface area contributed by atoms with Gasteiger partial charge in [0, 0.05) is 10.6 Å². The lowest BCUT2D eigenvalue weighted by atomic mass is 9.82. The molecule has 0 saturated carbocycles. The number of amides is 3. The van der Waals surface area contributed by atoms with Gasteiger partial charge in [-0.2, -0.15) is 0 Å². The summed E-state index contributed by atoms with van der Waals surface area (Å²) < 4.78 is 5.71. The number of halogens is 1. The molecule has 1 saturated heterocycles. The molecule has 1 fully saturated rings. The van der Waals surface area contributed by atoms with Gasteiger partial charge in [0.2, 0.25) is 11.8 Å². The standard InChI is InChI=1S/C24H17ClN4O3/c25-19-13-7-8-16(14-19)21-28-27-20(32-21)15-29-22(30)24(26-23(29)31,17-9-3-1-4-10-17)18-11-5-2-6-12-18/h1-14H,15H2,(H,26,31). The van der Waals surface area contributed by atoms with Gasteiger partial charge in [0.15, 0.2) is 5.54 Å². The summed E-state index contributed by atoms with van der Waals surface area (Å²) >= 11 is 6.03. The number of imide groups is 1. The van der Waals surface area contributed by atoms with Crippen LogP contribution in [0.2, 0.25) is 5.02 Å². The highest BCUT2D eigenvalue weighted by Crippen LogP contribution is 2.36. The van der Waals surface area contributed by atoms with E-state index in [4.69, 9.17) is 16.0 Å². The van der Waals surface area contributed by atoms with Crippen LogP contribution in [0, 0.1) is 0 Å². The van der Waals surface area contributed by atoms with Crippen LogP contribution in [0.25, 0.3) is 11.5 Å². The molecule has 32 heavy (non-hydrogen) atoms. The van der Waals surface area contributed by atoms with Crippen LogP contribution in [-0.4, -0.2) is 27.0 Å². The third-order valence-corrected chi connectivity index (χ3v) is 5.59. The molecule has 0 atom stereocenters. The molecule has 3 aromatic carbocycles. The number of nitrogens with one attached hydrogen (secondary N) is 1. The average molecular weight is 445 g/mol. The summed E-state index contributed by atoms with van der Waals surface area (Å²) in [5.74, 6) is -0.0188. The Morgan fingerprint density at radius 2 is 1.53 bits per heavy atom. The molecular weight excluding hydrogens is 428 g/mol. The first-order valence-corrected chi connectivity index (χ1v) is 10.3. The first-order chi connectivity index (χ1) is 15.6. The smallest absolute Gasteiger partial charge is 0.326 e. The van der Waals surface area contributed by atoms with E-state index in [0.717, 1.165) is 4.90 Å². The van der Waals surface area contributed by atoms with E-state index < -0.39 is 17.5 Å². The topological polar surface area (TPSA) is 88.3 Å². The van der Waals surface area contributed by atoms with Crippen molar-refractivity contribution >= 4 is 23.5 Å². The number of hydrogen-bond acceptors (Lipinski definition) is 5. The maximum absolute atomic E-state index is 13.7. The fourth-order valence-electron chi connectivity index (χ4n) is 3.84. The highest BCUT2D eigenvalue weighted by atomic mass is 35.5. The SMILES string of the molecule is O=C1NC(c2ccccc2)(c2ccccc2)C(=O)N1Cc1nnc(-c2cccc(Cl)c2)o1. The minimum absolute atomic E-state index is 0.139. The van der Waals surface area contributed by atoms with Crippen LogP contribution in [-0.2, 0) is 16.9 Å². The van der Waals surface area contributed by atoms with Crippen molar-refractivity contribution in [2.24, 2.45) is 0 Å². The fraction of sp³-hybridized carbons (Fsp3) is 0.0833. The van der Waals surface area contributed by atoms with Crippen LogP contribution in [0.3, 0.4) is 0 Å². The summed E-state index contributed by atoms with van der Waals surface area (Å²) in [4.78, 5) is 27.8. The number of carbonyl (C=O) groups is 2. The Kier molecular flexibility index (Phi) is 4.95. The Balaban J connectivity index is 1.49. The van der Waals surface area contributed by atoms with Crippen molar-refractivity contribution in [2.75, 3.05) is 0 Å². The molecule has 7 nitrogen and oxygen atoms in total. The molecule has 1 aliphatic rings. The minimum atomic E-state index is -1.34. The van der Waals surface area contributed by atoms with Gasteiger partial charge in [-0.1, -0.05) is 78.3 Å². The molecule has 8 heteroatoms. The lowest BCUT2D eigenvalue weighted by molar-refractivity contribution is -0.130. The lowest BCUT2D eigenvalue weighted by Crippen LogP contribution is -2.45. The van der Waals surface area contributed by atoms with Crippen molar-refractivity contribution < 1.29 is 14.0 Å². The van der Waals surface area contributed by atoms with Crippen LogP contribution in [0.4, 0.5) is 4.79 Å². The second-order valence-electron chi connectivity index (χ2n) is 7.31. The van der Waals surface area contributed by atoms with E-state index in [-0.39, 0.29) is 18.3 Å². The highest BCUT2D eigenvalue weighted by molar-refractivity contribution is 6.30. The Labute approximate surface area is 188 Å². The zero-order chi connectivity index (χ0) is 22.1. The number of aromatic nitrogens is 2. The first kappa shape index (κ1) is 20.0. The molecule has 0 unspecified atom stereocenters. The maximum atomic E-state index is 13.7. The summed E-state index contributed by atoms with van der Waals surface area (Å²) in [7, 11) is 0. The highest BCUT2D eigenvalue weighted by Gasteiger charge is 2.53. The van der Waals surface area contributed by atoms with Crippen molar-refractivity contribution in [3.63, 3.8) is 0 Å². The van der Waals surface area contributed by atoms with E-state index in [1.807, 2.05) is 60.7 Å². The number of carbonyl (C=O) groups excluding carboxylic acids is 2. The monoisotopic (exact) mass is 444 g/mol. The van der Waals surface area contributed by atoms with Crippen molar-refractivity contribution in [1.82, 2.24) is 20.4 Å². The Morgan fingerprint density at radius 3 is 2.16 bits per heavy atom. The van der Waals surface area contributed by atoms with Gasteiger partial charge < -0.3 is 9.73 Å². The third-order valence-electron chi connectivity index (χ3n) is 5.35. The molecule has 4 aromatic rings. The number of nitrogens with zero attached hydrogens (tertiary/aromatic N) is 3. The predicted octanol–water partition coefficient (Wildman–Crippen LogP) is 4.39. The molecule has 3 amide bonds. The van der Waals surface area contributed by atoms with Gasteiger partial charge in [0.25, 0.3) is 5.91 Å². The molecule has 0 radical (unpaired) electrons. The number of urea groups is 1. The van der Waals surface area contributed by atoms with Crippen molar-refractivity contribution in [3.8, 4) is 11.5 Å². The van der Waals surface area contributed by atoms with Crippen LogP contribution in [0.1, 0.15) is 17.0 Å². The van der Waals surface area contributed by atoms with Gasteiger partial charge in [-0.25, -0.2) is 4.79 Å². The van der Waals surface area contributed by atoms with E-state index in [9.17, 15) is 9.59 Å². The molecule has 0 spiro atoms. The molecule has 158 valence electrons. The zero-order valence-electron chi connectivity index (χ0n) is 16.7. The molecule has 1 N–H and O–H groups in total. The molecule has 2 heterocycles. The fourth-order valence-corrected chi connectivity index (χ4v) is 4.04. The van der Waals surface area contributed by atoms with Crippen LogP contribution in [0.15, 0.2) is 89.3 Å². The largest absolute Gasteiger partial charge is 0.419 e. The summed E-state index contributed by atoms with van der Waals surface area (Å²) in [5.41, 5.74) is 0.640. The molecular formula is C24H17ClN4O3. The van der Waals surface area contributed by atoms with Crippen molar-refractivity contribution in [2.45, 2.75) is 12.1 Å². The second kappa shape index (κ2) is 7.94. The molecule has 1 aliphatic heterocycles. The lowest BCUT2D eigenvalue weighted by Gasteiger charge is -2.27. The summed E-state index contributed by atoms with van der Waals surface area (Å²) in [6.45, 7) is -0.153. The Morgan fingerprint density at radius 1 is 0.875 bits per heavy atom.